The van der Waals surface area contributed by atoms with Crippen molar-refractivity contribution in [3.05, 3.63) is 70.4 Å². The smallest absolute Gasteiger partial charge is 0.415 e. The molecule has 1 aromatic heterocycles. The van der Waals surface area contributed by atoms with Crippen LogP contribution in [-0.2, 0) is 10.0 Å². The minimum Gasteiger partial charge on any atom is -0.415 e. The Morgan fingerprint density at radius 2 is 1.64 bits per heavy atom. The first-order valence-corrected chi connectivity index (χ1v) is 8.53. The Labute approximate surface area is 141 Å². The van der Waals surface area contributed by atoms with Gasteiger partial charge in [0.1, 0.15) is 17.9 Å². The molecular weight excluding hydrogens is 354 g/mol. The molecule has 0 radical (unpaired) electrons. The van der Waals surface area contributed by atoms with E-state index in [0.717, 1.165) is 28.5 Å². The fourth-order valence-electron chi connectivity index (χ4n) is 2.43. The molecule has 9 heteroatoms. The van der Waals surface area contributed by atoms with Gasteiger partial charge in [0.25, 0.3) is 0 Å². The van der Waals surface area contributed by atoms with E-state index in [-0.39, 0.29) is 11.3 Å². The van der Waals surface area contributed by atoms with Gasteiger partial charge in [-0.05, 0) is 31.2 Å². The number of halogens is 2. The third-order valence-electron chi connectivity index (χ3n) is 3.57. The number of oxazole rings is 1. The van der Waals surface area contributed by atoms with Crippen LogP contribution in [0.5, 0.6) is 0 Å². The predicted octanol–water partition coefficient (Wildman–Crippen LogP) is 2.33. The van der Waals surface area contributed by atoms with E-state index in [1.165, 1.54) is 0 Å². The van der Waals surface area contributed by atoms with Gasteiger partial charge in [-0.2, -0.15) is 0 Å². The zero-order valence-electron chi connectivity index (χ0n) is 12.9. The molecule has 3 aromatic rings. The summed E-state index contributed by atoms with van der Waals surface area (Å²) in [5.41, 5.74) is 1.37. The zero-order valence-corrected chi connectivity index (χ0v) is 13.7. The summed E-state index contributed by atoms with van der Waals surface area (Å²) >= 11 is 0. The summed E-state index contributed by atoms with van der Waals surface area (Å²) in [5, 5.41) is 4.80. The van der Waals surface area contributed by atoms with Gasteiger partial charge in [0.15, 0.2) is 4.90 Å². The van der Waals surface area contributed by atoms with Gasteiger partial charge in [-0.1, -0.05) is 17.7 Å². The summed E-state index contributed by atoms with van der Waals surface area (Å²) in [6.07, 6.45) is 1.03. The van der Waals surface area contributed by atoms with Crippen molar-refractivity contribution in [1.82, 2.24) is 4.57 Å². The van der Waals surface area contributed by atoms with Crippen molar-refractivity contribution >= 4 is 10.0 Å². The van der Waals surface area contributed by atoms with E-state index in [0.29, 0.717) is 5.69 Å². The van der Waals surface area contributed by atoms with Crippen LogP contribution in [0.25, 0.3) is 16.9 Å². The molecule has 0 bridgehead atoms. The highest BCUT2D eigenvalue weighted by Crippen LogP contribution is 2.27. The minimum atomic E-state index is -4.57. The first-order valence-electron chi connectivity index (χ1n) is 6.98. The highest BCUT2D eigenvalue weighted by atomic mass is 32.2. The average Bonchev–Trinajstić information content (AvgIpc) is 2.87. The third kappa shape index (κ3) is 3.11. The number of benzene rings is 2. The topological polar surface area (TPSA) is 95.3 Å². The number of rotatable bonds is 3. The Morgan fingerprint density at radius 1 is 1.08 bits per heavy atom. The summed E-state index contributed by atoms with van der Waals surface area (Å²) in [6.45, 7) is 1.86. The van der Waals surface area contributed by atoms with Gasteiger partial charge in [-0.25, -0.2) is 31.7 Å². The number of nitrogens with two attached hydrogens (primary N) is 1. The summed E-state index contributed by atoms with van der Waals surface area (Å²) in [7, 11) is -4.57. The van der Waals surface area contributed by atoms with E-state index in [4.69, 9.17) is 9.56 Å². The lowest BCUT2D eigenvalue weighted by molar-refractivity contribution is 0.504. The van der Waals surface area contributed by atoms with Crippen LogP contribution in [0.4, 0.5) is 8.78 Å². The van der Waals surface area contributed by atoms with Crippen molar-refractivity contribution in [3.8, 4) is 16.9 Å². The molecule has 2 aromatic carbocycles. The molecule has 0 unspecified atom stereocenters. The summed E-state index contributed by atoms with van der Waals surface area (Å²) < 4.78 is 56.6. The first-order chi connectivity index (χ1) is 11.7. The summed E-state index contributed by atoms with van der Waals surface area (Å²) in [5.74, 6) is -3.47. The van der Waals surface area contributed by atoms with Crippen LogP contribution in [0.15, 0.2) is 56.8 Å². The van der Waals surface area contributed by atoms with E-state index in [9.17, 15) is 22.0 Å². The highest BCUT2D eigenvalue weighted by molar-refractivity contribution is 7.89. The van der Waals surface area contributed by atoms with Crippen LogP contribution >= 0.6 is 0 Å². The quantitative estimate of drug-likeness (QED) is 0.770. The lowest BCUT2D eigenvalue weighted by Crippen LogP contribution is -2.17. The Balaban J connectivity index is 2.23. The SMILES string of the molecule is Cc1ccc(-n2c(-c3cc(F)c(S(N)(=O)=O)c(F)c3)coc2=O)cc1. The van der Waals surface area contributed by atoms with Gasteiger partial charge in [-0.15, -0.1) is 0 Å². The highest BCUT2D eigenvalue weighted by Gasteiger charge is 2.23. The van der Waals surface area contributed by atoms with Gasteiger partial charge in [-0.3, -0.25) is 0 Å². The van der Waals surface area contributed by atoms with Crippen molar-refractivity contribution in [2.75, 3.05) is 0 Å². The molecule has 2 N–H and O–H groups in total. The van der Waals surface area contributed by atoms with Crippen LogP contribution in [0, 0.1) is 18.6 Å². The minimum absolute atomic E-state index is 0.0626. The number of primary sulfonamides is 1. The van der Waals surface area contributed by atoms with E-state index in [1.807, 2.05) is 6.92 Å². The number of hydrogen-bond donors (Lipinski definition) is 1. The molecule has 3 rings (SSSR count). The second-order valence-corrected chi connectivity index (χ2v) is 6.87. The zero-order chi connectivity index (χ0) is 18.4. The van der Waals surface area contributed by atoms with Crippen molar-refractivity contribution in [1.29, 1.82) is 0 Å². The summed E-state index contributed by atoms with van der Waals surface area (Å²) in [4.78, 5) is 10.8. The Morgan fingerprint density at radius 3 is 2.16 bits per heavy atom. The van der Waals surface area contributed by atoms with Gasteiger partial charge in [0.2, 0.25) is 10.0 Å². The number of aromatic nitrogens is 1. The molecule has 0 amide bonds. The van der Waals surface area contributed by atoms with E-state index >= 15 is 0 Å². The molecule has 0 aliphatic carbocycles. The molecule has 25 heavy (non-hydrogen) atoms. The maximum Gasteiger partial charge on any atom is 0.424 e. The van der Waals surface area contributed by atoms with Gasteiger partial charge < -0.3 is 4.42 Å². The molecule has 0 atom stereocenters. The third-order valence-corrected chi connectivity index (χ3v) is 4.52. The number of sulfonamides is 1. The van der Waals surface area contributed by atoms with Crippen LogP contribution in [-0.4, -0.2) is 13.0 Å². The molecule has 0 fully saturated rings. The average molecular weight is 366 g/mol. The van der Waals surface area contributed by atoms with Crippen LogP contribution in [0.3, 0.4) is 0 Å². The van der Waals surface area contributed by atoms with Gasteiger partial charge in [0.05, 0.1) is 11.4 Å². The largest absolute Gasteiger partial charge is 0.424 e. The lowest BCUT2D eigenvalue weighted by atomic mass is 10.1. The molecule has 0 saturated carbocycles. The fraction of sp³-hybridized carbons (Fsp3) is 0.0625. The Hall–Kier alpha value is -2.78. The lowest BCUT2D eigenvalue weighted by Gasteiger charge is -2.09. The molecular formula is C16H12F2N2O4S. The summed E-state index contributed by atoms with van der Waals surface area (Å²) in [6, 6.07) is 8.34. The molecule has 0 saturated heterocycles. The molecule has 0 aliphatic rings. The van der Waals surface area contributed by atoms with Crippen molar-refractivity contribution < 1.29 is 21.6 Å². The molecule has 0 aliphatic heterocycles. The molecule has 6 nitrogen and oxygen atoms in total. The fourth-order valence-corrected chi connectivity index (χ4v) is 3.09. The number of aryl methyl sites for hydroxylation is 1. The number of hydrogen-bond acceptors (Lipinski definition) is 4. The second kappa shape index (κ2) is 5.94. The van der Waals surface area contributed by atoms with Crippen molar-refractivity contribution in [2.24, 2.45) is 5.14 Å². The maximum atomic E-state index is 14.1. The van der Waals surface area contributed by atoms with Crippen LogP contribution < -0.4 is 10.9 Å². The van der Waals surface area contributed by atoms with Gasteiger partial charge in [0, 0.05) is 5.56 Å². The van der Waals surface area contributed by atoms with Crippen LogP contribution in [0.1, 0.15) is 5.56 Å². The van der Waals surface area contributed by atoms with E-state index < -0.39 is 32.3 Å². The maximum absolute atomic E-state index is 14.1. The van der Waals surface area contributed by atoms with Crippen molar-refractivity contribution in [3.63, 3.8) is 0 Å². The number of nitrogens with zero attached hydrogens (tertiary/aromatic N) is 1. The molecule has 0 spiro atoms. The van der Waals surface area contributed by atoms with E-state index in [2.05, 4.69) is 0 Å². The van der Waals surface area contributed by atoms with Crippen molar-refractivity contribution in [2.45, 2.75) is 11.8 Å². The van der Waals surface area contributed by atoms with Gasteiger partial charge >= 0.3 is 5.76 Å². The normalized spacial score (nSPS) is 11.7. The first kappa shape index (κ1) is 17.1. The van der Waals surface area contributed by atoms with Crippen LogP contribution in [0.2, 0.25) is 0 Å². The molecule has 1 heterocycles. The standard InChI is InChI=1S/C16H12F2N2O4S/c1-9-2-4-11(5-3-9)20-14(8-24-16(20)21)10-6-12(17)15(13(18)7-10)25(19,22)23/h2-8H,1H3,(H2,19,22,23). The monoisotopic (exact) mass is 366 g/mol. The Kier molecular flexibility index (Phi) is 4.05. The predicted molar refractivity (Wildman–Crippen MR) is 85.8 cm³/mol. The molecule has 130 valence electrons. The second-order valence-electron chi connectivity index (χ2n) is 5.37. The van der Waals surface area contributed by atoms with E-state index in [1.54, 1.807) is 24.3 Å². The Bertz CT molecular complexity index is 1090.